The lowest BCUT2D eigenvalue weighted by molar-refractivity contribution is -0.118. The van der Waals surface area contributed by atoms with Crippen molar-refractivity contribution in [2.24, 2.45) is 0 Å². The second-order valence-corrected chi connectivity index (χ2v) is 5.15. The van der Waals surface area contributed by atoms with Crippen LogP contribution in [0.2, 0.25) is 0 Å². The summed E-state index contributed by atoms with van der Waals surface area (Å²) >= 11 is 5.42. The van der Waals surface area contributed by atoms with E-state index in [1.54, 1.807) is 0 Å². The van der Waals surface area contributed by atoms with Gasteiger partial charge in [0.2, 0.25) is 5.91 Å². The molecule has 0 aliphatic carbocycles. The van der Waals surface area contributed by atoms with E-state index in [9.17, 15) is 4.79 Å². The third kappa shape index (κ3) is 7.36. The first-order chi connectivity index (χ1) is 9.61. The molecule has 5 heteroatoms. The van der Waals surface area contributed by atoms with E-state index in [0.29, 0.717) is 13.2 Å². The molecule has 0 fully saturated rings. The van der Waals surface area contributed by atoms with Gasteiger partial charge in [-0.05, 0) is 44.6 Å². The van der Waals surface area contributed by atoms with Crippen LogP contribution in [-0.4, -0.2) is 50.5 Å². The van der Waals surface area contributed by atoms with Gasteiger partial charge in [0, 0.05) is 13.1 Å². The van der Waals surface area contributed by atoms with E-state index in [4.69, 9.17) is 16.3 Å². The summed E-state index contributed by atoms with van der Waals surface area (Å²) in [5.74, 6) is 0.752. The van der Waals surface area contributed by atoms with Crippen molar-refractivity contribution in [3.8, 4) is 5.75 Å². The first kappa shape index (κ1) is 16.8. The Morgan fingerprint density at radius 2 is 2.20 bits per heavy atom. The molecule has 0 atom stereocenters. The molecule has 1 rings (SSSR count). The van der Waals surface area contributed by atoms with Gasteiger partial charge >= 0.3 is 0 Å². The highest BCUT2D eigenvalue weighted by molar-refractivity contribution is 6.27. The monoisotopic (exact) mass is 298 g/mol. The highest BCUT2D eigenvalue weighted by Crippen LogP contribution is 2.13. The van der Waals surface area contributed by atoms with Crippen molar-refractivity contribution in [2.75, 3.05) is 39.7 Å². The number of ether oxygens (including phenoxy) is 1. The summed E-state index contributed by atoms with van der Waals surface area (Å²) in [6, 6.07) is 7.97. The fraction of sp³-hybridized carbons (Fsp3) is 0.533. The van der Waals surface area contributed by atoms with E-state index in [0.717, 1.165) is 30.7 Å². The van der Waals surface area contributed by atoms with Crippen LogP contribution < -0.4 is 10.1 Å². The summed E-state index contributed by atoms with van der Waals surface area (Å²) in [4.78, 5) is 13.2. The number of hydrogen-bond acceptors (Lipinski definition) is 3. The molecular formula is C15H23ClN2O2. The molecule has 0 spiro atoms. The van der Waals surface area contributed by atoms with Crippen LogP contribution in [0.5, 0.6) is 5.75 Å². The molecule has 1 N–H and O–H groups in total. The summed E-state index contributed by atoms with van der Waals surface area (Å²) in [7, 11) is 4.10. The number of halogens is 1. The average Bonchev–Trinajstić information content (AvgIpc) is 2.43. The third-order valence-electron chi connectivity index (χ3n) is 2.77. The molecule has 0 bridgehead atoms. The lowest BCUT2D eigenvalue weighted by atomic mass is 10.1. The van der Waals surface area contributed by atoms with E-state index in [1.807, 2.05) is 24.3 Å². The topological polar surface area (TPSA) is 41.6 Å². The SMILES string of the molecule is CN(C)CCCOc1cccc(CCNC(=O)CCl)c1. The van der Waals surface area contributed by atoms with Gasteiger partial charge in [-0.2, -0.15) is 0 Å². The third-order valence-corrected chi connectivity index (χ3v) is 3.02. The zero-order valence-corrected chi connectivity index (χ0v) is 12.9. The van der Waals surface area contributed by atoms with Gasteiger partial charge in [0.25, 0.3) is 0 Å². The highest BCUT2D eigenvalue weighted by Gasteiger charge is 2.00. The van der Waals surface area contributed by atoms with E-state index in [-0.39, 0.29) is 11.8 Å². The molecule has 1 amide bonds. The number of amides is 1. The second kappa shape index (κ2) is 9.61. The minimum absolute atomic E-state index is 0.00895. The maximum absolute atomic E-state index is 11.0. The maximum Gasteiger partial charge on any atom is 0.234 e. The molecule has 1 aromatic carbocycles. The molecule has 1 aromatic rings. The molecule has 20 heavy (non-hydrogen) atoms. The van der Waals surface area contributed by atoms with E-state index in [2.05, 4.69) is 24.3 Å². The first-order valence-corrected chi connectivity index (χ1v) is 7.34. The van der Waals surface area contributed by atoms with Crippen molar-refractivity contribution in [1.29, 1.82) is 0 Å². The molecule has 0 saturated carbocycles. The summed E-state index contributed by atoms with van der Waals surface area (Å²) in [5.41, 5.74) is 1.14. The molecule has 112 valence electrons. The molecule has 0 aliphatic heterocycles. The van der Waals surface area contributed by atoms with Gasteiger partial charge in [0.15, 0.2) is 0 Å². The van der Waals surface area contributed by atoms with Crippen LogP contribution in [0.25, 0.3) is 0 Å². The van der Waals surface area contributed by atoms with Crippen LogP contribution >= 0.6 is 11.6 Å². The van der Waals surface area contributed by atoms with Crippen molar-refractivity contribution >= 4 is 17.5 Å². The molecule has 4 nitrogen and oxygen atoms in total. The van der Waals surface area contributed by atoms with Crippen LogP contribution in [0.4, 0.5) is 0 Å². The number of benzene rings is 1. The predicted octanol–water partition coefficient (Wildman–Crippen LogP) is 1.91. The van der Waals surface area contributed by atoms with Crippen molar-refractivity contribution in [3.63, 3.8) is 0 Å². The summed E-state index contributed by atoms with van der Waals surface area (Å²) in [6.45, 7) is 2.32. The smallest absolute Gasteiger partial charge is 0.234 e. The average molecular weight is 299 g/mol. The van der Waals surface area contributed by atoms with Gasteiger partial charge in [-0.15, -0.1) is 11.6 Å². The van der Waals surface area contributed by atoms with Crippen molar-refractivity contribution < 1.29 is 9.53 Å². The standard InChI is InChI=1S/C15H23ClN2O2/c1-18(2)9-4-10-20-14-6-3-5-13(11-14)7-8-17-15(19)12-16/h3,5-6,11H,4,7-10,12H2,1-2H3,(H,17,19). The van der Waals surface area contributed by atoms with Gasteiger partial charge in [0.1, 0.15) is 11.6 Å². The molecule has 0 heterocycles. The largest absolute Gasteiger partial charge is 0.494 e. The number of carbonyl (C=O) groups is 1. The zero-order chi connectivity index (χ0) is 14.8. The highest BCUT2D eigenvalue weighted by atomic mass is 35.5. The van der Waals surface area contributed by atoms with Crippen molar-refractivity contribution in [2.45, 2.75) is 12.8 Å². The van der Waals surface area contributed by atoms with Crippen LogP contribution in [0.3, 0.4) is 0 Å². The molecule has 0 unspecified atom stereocenters. The summed E-state index contributed by atoms with van der Waals surface area (Å²) in [5, 5.41) is 2.75. The fourth-order valence-corrected chi connectivity index (χ4v) is 1.85. The van der Waals surface area contributed by atoms with Gasteiger partial charge in [-0.1, -0.05) is 12.1 Å². The molecule has 0 radical (unpaired) electrons. The van der Waals surface area contributed by atoms with Crippen LogP contribution in [0, 0.1) is 0 Å². The minimum atomic E-state index is -0.136. The van der Waals surface area contributed by atoms with E-state index in [1.165, 1.54) is 0 Å². The van der Waals surface area contributed by atoms with Crippen LogP contribution in [0.1, 0.15) is 12.0 Å². The first-order valence-electron chi connectivity index (χ1n) is 6.81. The Labute approximate surface area is 126 Å². The summed E-state index contributed by atoms with van der Waals surface area (Å²) in [6.07, 6.45) is 1.78. The maximum atomic E-state index is 11.0. The Bertz CT molecular complexity index is 411. The van der Waals surface area contributed by atoms with Gasteiger partial charge in [-0.25, -0.2) is 0 Å². The van der Waals surface area contributed by atoms with Gasteiger partial charge in [0.05, 0.1) is 6.61 Å². The quantitative estimate of drug-likeness (QED) is 0.559. The van der Waals surface area contributed by atoms with Crippen LogP contribution in [-0.2, 0) is 11.2 Å². The van der Waals surface area contributed by atoms with E-state index >= 15 is 0 Å². The van der Waals surface area contributed by atoms with Crippen molar-refractivity contribution in [1.82, 2.24) is 10.2 Å². The number of hydrogen-bond donors (Lipinski definition) is 1. The van der Waals surface area contributed by atoms with E-state index < -0.39 is 0 Å². The Morgan fingerprint density at radius 1 is 1.40 bits per heavy atom. The second-order valence-electron chi connectivity index (χ2n) is 4.89. The fourth-order valence-electron chi connectivity index (χ4n) is 1.76. The van der Waals surface area contributed by atoms with Crippen LogP contribution in [0.15, 0.2) is 24.3 Å². The predicted molar refractivity (Wildman–Crippen MR) is 82.5 cm³/mol. The molecular weight excluding hydrogens is 276 g/mol. The Kier molecular flexibility index (Phi) is 8.07. The Hall–Kier alpha value is -1.26. The molecule has 0 aliphatic rings. The molecule has 0 saturated heterocycles. The lowest BCUT2D eigenvalue weighted by Gasteiger charge is -2.11. The van der Waals surface area contributed by atoms with Gasteiger partial charge in [-0.3, -0.25) is 4.79 Å². The zero-order valence-electron chi connectivity index (χ0n) is 12.2. The number of rotatable bonds is 9. The minimum Gasteiger partial charge on any atom is -0.494 e. The molecule has 0 aromatic heterocycles. The van der Waals surface area contributed by atoms with Gasteiger partial charge < -0.3 is 15.0 Å². The Balaban J connectivity index is 2.31. The number of alkyl halides is 1. The normalized spacial score (nSPS) is 10.6. The number of nitrogens with one attached hydrogen (secondary N) is 1. The number of nitrogens with zero attached hydrogens (tertiary/aromatic N) is 1. The Morgan fingerprint density at radius 3 is 2.90 bits per heavy atom. The summed E-state index contributed by atoms with van der Waals surface area (Å²) < 4.78 is 5.71. The van der Waals surface area contributed by atoms with Crippen molar-refractivity contribution in [3.05, 3.63) is 29.8 Å². The number of carbonyl (C=O) groups excluding carboxylic acids is 1. The lowest BCUT2D eigenvalue weighted by Crippen LogP contribution is -2.26.